The van der Waals surface area contributed by atoms with Crippen molar-refractivity contribution in [2.45, 2.75) is 12.8 Å². The number of hydrogen-bond donors (Lipinski definition) is 2. The summed E-state index contributed by atoms with van der Waals surface area (Å²) in [5.41, 5.74) is 7.54. The molecule has 1 aliphatic heterocycles. The van der Waals surface area contributed by atoms with E-state index in [2.05, 4.69) is 9.97 Å². The zero-order valence-electron chi connectivity index (χ0n) is 10.7. The Morgan fingerprint density at radius 1 is 1.21 bits per heavy atom. The molecular formula is C14H17N3O2. The van der Waals surface area contributed by atoms with E-state index in [0.717, 1.165) is 41.4 Å². The van der Waals surface area contributed by atoms with Crippen molar-refractivity contribution in [3.05, 3.63) is 30.2 Å². The van der Waals surface area contributed by atoms with Crippen molar-refractivity contribution < 1.29 is 9.47 Å². The van der Waals surface area contributed by atoms with Crippen LogP contribution < -0.4 is 15.2 Å². The molecule has 0 unspecified atom stereocenters. The quantitative estimate of drug-likeness (QED) is 0.877. The third kappa shape index (κ3) is 2.56. The van der Waals surface area contributed by atoms with Gasteiger partial charge in [-0.3, -0.25) is 0 Å². The molecule has 0 spiro atoms. The van der Waals surface area contributed by atoms with Crippen LogP contribution in [0.2, 0.25) is 0 Å². The minimum atomic E-state index is 0.598. The molecule has 100 valence electrons. The van der Waals surface area contributed by atoms with Crippen LogP contribution in [0, 0.1) is 0 Å². The standard InChI is InChI=1S/C14H17N3O2/c15-5-1-2-14-16-9-11(17-14)10-3-4-12-13(8-10)19-7-6-18-12/h3-4,8-9H,1-2,5-7,15H2,(H,16,17). The summed E-state index contributed by atoms with van der Waals surface area (Å²) in [5.74, 6) is 2.56. The number of nitrogens with one attached hydrogen (secondary N) is 1. The van der Waals surface area contributed by atoms with Crippen LogP contribution >= 0.6 is 0 Å². The van der Waals surface area contributed by atoms with Gasteiger partial charge in [-0.2, -0.15) is 0 Å². The summed E-state index contributed by atoms with van der Waals surface area (Å²) in [6.07, 6.45) is 3.66. The van der Waals surface area contributed by atoms with Crippen LogP contribution in [0.4, 0.5) is 0 Å². The van der Waals surface area contributed by atoms with Crippen molar-refractivity contribution >= 4 is 0 Å². The fourth-order valence-electron chi connectivity index (χ4n) is 2.12. The van der Waals surface area contributed by atoms with Crippen LogP contribution in [0.3, 0.4) is 0 Å². The molecule has 0 aliphatic carbocycles. The summed E-state index contributed by atoms with van der Waals surface area (Å²) in [7, 11) is 0. The highest BCUT2D eigenvalue weighted by molar-refractivity contribution is 5.63. The van der Waals surface area contributed by atoms with E-state index < -0.39 is 0 Å². The Hall–Kier alpha value is -2.01. The highest BCUT2D eigenvalue weighted by Gasteiger charge is 2.13. The van der Waals surface area contributed by atoms with E-state index in [9.17, 15) is 0 Å². The number of nitrogens with zero attached hydrogens (tertiary/aromatic N) is 1. The molecule has 0 fully saturated rings. The van der Waals surface area contributed by atoms with E-state index in [-0.39, 0.29) is 0 Å². The number of imidazole rings is 1. The van der Waals surface area contributed by atoms with Crippen LogP contribution in [0.1, 0.15) is 12.2 Å². The van der Waals surface area contributed by atoms with Crippen LogP contribution in [0.5, 0.6) is 11.5 Å². The van der Waals surface area contributed by atoms with Gasteiger partial charge in [-0.05, 0) is 31.2 Å². The predicted octanol–water partition coefficient (Wildman–Crippen LogP) is 1.74. The number of fused-ring (bicyclic) bond motifs is 1. The average Bonchev–Trinajstić information content (AvgIpc) is 2.93. The molecule has 1 aromatic heterocycles. The topological polar surface area (TPSA) is 73.2 Å². The average molecular weight is 259 g/mol. The van der Waals surface area contributed by atoms with Crippen molar-refractivity contribution in [2.75, 3.05) is 19.8 Å². The van der Waals surface area contributed by atoms with Gasteiger partial charge in [0, 0.05) is 12.0 Å². The minimum absolute atomic E-state index is 0.598. The summed E-state index contributed by atoms with van der Waals surface area (Å²) >= 11 is 0. The lowest BCUT2D eigenvalue weighted by molar-refractivity contribution is 0.171. The van der Waals surface area contributed by atoms with Gasteiger partial charge >= 0.3 is 0 Å². The van der Waals surface area contributed by atoms with Gasteiger partial charge in [-0.25, -0.2) is 4.98 Å². The van der Waals surface area contributed by atoms with E-state index in [0.29, 0.717) is 19.8 Å². The van der Waals surface area contributed by atoms with Crippen LogP contribution in [0.25, 0.3) is 11.3 Å². The smallest absolute Gasteiger partial charge is 0.162 e. The highest BCUT2D eigenvalue weighted by atomic mass is 16.6. The Bertz CT molecular complexity index is 566. The number of H-pyrrole nitrogens is 1. The maximum absolute atomic E-state index is 5.58. The van der Waals surface area contributed by atoms with E-state index in [1.165, 1.54) is 0 Å². The first kappa shape index (κ1) is 12.0. The van der Waals surface area contributed by atoms with Gasteiger partial charge in [-0.1, -0.05) is 0 Å². The molecule has 1 aromatic carbocycles. The molecule has 2 heterocycles. The third-order valence-electron chi connectivity index (χ3n) is 3.10. The summed E-state index contributed by atoms with van der Waals surface area (Å²) in [6.45, 7) is 1.89. The van der Waals surface area contributed by atoms with Gasteiger partial charge in [0.15, 0.2) is 11.5 Å². The van der Waals surface area contributed by atoms with E-state index in [4.69, 9.17) is 15.2 Å². The Labute approximate surface area is 111 Å². The first-order valence-corrected chi connectivity index (χ1v) is 6.51. The van der Waals surface area contributed by atoms with Crippen LogP contribution in [-0.2, 0) is 6.42 Å². The zero-order valence-corrected chi connectivity index (χ0v) is 10.7. The first-order valence-electron chi connectivity index (χ1n) is 6.51. The number of hydrogen-bond acceptors (Lipinski definition) is 4. The fraction of sp³-hybridized carbons (Fsp3) is 0.357. The lowest BCUT2D eigenvalue weighted by Gasteiger charge is -2.18. The van der Waals surface area contributed by atoms with Gasteiger partial charge in [0.25, 0.3) is 0 Å². The molecule has 2 aromatic rings. The molecule has 0 bridgehead atoms. The van der Waals surface area contributed by atoms with Gasteiger partial charge < -0.3 is 20.2 Å². The molecule has 3 N–H and O–H groups in total. The Morgan fingerprint density at radius 2 is 2.05 bits per heavy atom. The van der Waals surface area contributed by atoms with Gasteiger partial charge in [0.1, 0.15) is 19.0 Å². The molecule has 0 radical (unpaired) electrons. The molecule has 0 saturated carbocycles. The Balaban J connectivity index is 1.83. The van der Waals surface area contributed by atoms with E-state index in [1.807, 2.05) is 24.4 Å². The van der Waals surface area contributed by atoms with Crippen molar-refractivity contribution in [1.82, 2.24) is 9.97 Å². The normalized spacial score (nSPS) is 13.5. The van der Waals surface area contributed by atoms with Crippen molar-refractivity contribution in [2.24, 2.45) is 5.73 Å². The number of aryl methyl sites for hydroxylation is 1. The molecule has 0 amide bonds. The Kier molecular flexibility index (Phi) is 3.37. The molecule has 0 saturated heterocycles. The largest absolute Gasteiger partial charge is 0.486 e. The summed E-state index contributed by atoms with van der Waals surface area (Å²) in [5, 5.41) is 0. The van der Waals surface area contributed by atoms with E-state index in [1.54, 1.807) is 0 Å². The number of rotatable bonds is 4. The maximum atomic E-state index is 5.58. The second kappa shape index (κ2) is 5.32. The zero-order chi connectivity index (χ0) is 13.1. The van der Waals surface area contributed by atoms with Gasteiger partial charge in [-0.15, -0.1) is 0 Å². The third-order valence-corrected chi connectivity index (χ3v) is 3.10. The molecule has 5 nitrogen and oxygen atoms in total. The minimum Gasteiger partial charge on any atom is -0.486 e. The monoisotopic (exact) mass is 259 g/mol. The van der Waals surface area contributed by atoms with Gasteiger partial charge in [0.05, 0.1) is 11.9 Å². The summed E-state index contributed by atoms with van der Waals surface area (Å²) in [6, 6.07) is 5.92. The maximum Gasteiger partial charge on any atom is 0.162 e. The van der Waals surface area contributed by atoms with Gasteiger partial charge in [0.2, 0.25) is 0 Å². The predicted molar refractivity (Wildman–Crippen MR) is 72.4 cm³/mol. The highest BCUT2D eigenvalue weighted by Crippen LogP contribution is 2.33. The lowest BCUT2D eigenvalue weighted by atomic mass is 10.1. The molecule has 5 heteroatoms. The number of ether oxygens (including phenoxy) is 2. The van der Waals surface area contributed by atoms with E-state index >= 15 is 0 Å². The second-order valence-electron chi connectivity index (χ2n) is 4.49. The lowest BCUT2D eigenvalue weighted by Crippen LogP contribution is -2.15. The summed E-state index contributed by atoms with van der Waals surface area (Å²) in [4.78, 5) is 7.67. The fourth-order valence-corrected chi connectivity index (χ4v) is 2.12. The van der Waals surface area contributed by atoms with Crippen molar-refractivity contribution in [3.8, 4) is 22.8 Å². The SMILES string of the molecule is NCCCc1ncc(-c2ccc3c(c2)OCCO3)[nH]1. The Morgan fingerprint density at radius 3 is 2.89 bits per heavy atom. The van der Waals surface area contributed by atoms with Crippen LogP contribution in [-0.4, -0.2) is 29.7 Å². The summed E-state index contributed by atoms with van der Waals surface area (Å²) < 4.78 is 11.1. The molecule has 1 aliphatic rings. The number of aromatic nitrogens is 2. The van der Waals surface area contributed by atoms with Crippen molar-refractivity contribution in [1.29, 1.82) is 0 Å². The number of aromatic amines is 1. The van der Waals surface area contributed by atoms with Crippen LogP contribution in [0.15, 0.2) is 24.4 Å². The number of benzene rings is 1. The first-order chi connectivity index (χ1) is 9.36. The van der Waals surface area contributed by atoms with Crippen molar-refractivity contribution in [3.63, 3.8) is 0 Å². The molecule has 3 rings (SSSR count). The number of nitrogens with two attached hydrogens (primary N) is 1. The molecule has 19 heavy (non-hydrogen) atoms. The molecular weight excluding hydrogens is 242 g/mol. The molecule has 0 atom stereocenters. The second-order valence-corrected chi connectivity index (χ2v) is 4.49.